The molecular weight excluding hydrogens is 166 g/mol. The number of fused-ring (bicyclic) bond motifs is 1. The molecule has 0 aliphatic carbocycles. The van der Waals surface area contributed by atoms with E-state index in [4.69, 9.17) is 0 Å². The normalized spacial score (nSPS) is 10.2. The number of pyridine rings is 1. The van der Waals surface area contributed by atoms with E-state index in [2.05, 4.69) is 4.98 Å². The topological polar surface area (TPSA) is 50.2 Å². The highest BCUT2D eigenvalue weighted by Gasteiger charge is 2.00. The van der Waals surface area contributed by atoms with Gasteiger partial charge in [-0.05, 0) is 18.2 Å². The van der Waals surface area contributed by atoms with E-state index in [9.17, 15) is 9.90 Å². The highest BCUT2D eigenvalue weighted by atomic mass is 16.3. The van der Waals surface area contributed by atoms with E-state index in [1.54, 1.807) is 18.2 Å². The summed E-state index contributed by atoms with van der Waals surface area (Å²) in [4.78, 5) is 14.5. The number of carbonyl (C=O) groups is 1. The second-order valence-corrected chi connectivity index (χ2v) is 2.72. The van der Waals surface area contributed by atoms with Gasteiger partial charge >= 0.3 is 0 Å². The molecule has 0 unspecified atom stereocenters. The quantitative estimate of drug-likeness (QED) is 0.668. The first-order valence-corrected chi connectivity index (χ1v) is 3.84. The number of aromatic hydroxyl groups is 1. The Morgan fingerprint density at radius 3 is 2.92 bits per heavy atom. The fraction of sp³-hybridized carbons (Fsp3) is 0. The summed E-state index contributed by atoms with van der Waals surface area (Å²) in [6.45, 7) is 0. The molecule has 3 heteroatoms. The molecule has 2 aromatic rings. The van der Waals surface area contributed by atoms with Crippen molar-refractivity contribution in [3.8, 4) is 5.75 Å². The number of rotatable bonds is 1. The van der Waals surface area contributed by atoms with E-state index in [0.717, 1.165) is 6.29 Å². The number of carbonyl (C=O) groups excluding carboxylic acids is 1. The van der Waals surface area contributed by atoms with Crippen LogP contribution < -0.4 is 0 Å². The Morgan fingerprint density at radius 2 is 2.15 bits per heavy atom. The predicted molar refractivity (Wildman–Crippen MR) is 48.8 cm³/mol. The Labute approximate surface area is 74.7 Å². The molecule has 1 heterocycles. The van der Waals surface area contributed by atoms with Crippen LogP contribution in [0.5, 0.6) is 5.75 Å². The van der Waals surface area contributed by atoms with Crippen LogP contribution in [0.3, 0.4) is 0 Å². The maximum atomic E-state index is 10.4. The van der Waals surface area contributed by atoms with Crippen molar-refractivity contribution in [2.24, 2.45) is 0 Å². The average molecular weight is 173 g/mol. The van der Waals surface area contributed by atoms with Gasteiger partial charge in [-0.2, -0.15) is 0 Å². The molecule has 0 radical (unpaired) electrons. The van der Waals surface area contributed by atoms with Crippen molar-refractivity contribution in [3.63, 3.8) is 0 Å². The molecule has 0 bridgehead atoms. The van der Waals surface area contributed by atoms with E-state index in [-0.39, 0.29) is 5.75 Å². The maximum Gasteiger partial charge on any atom is 0.150 e. The van der Waals surface area contributed by atoms with Gasteiger partial charge in [0.1, 0.15) is 12.0 Å². The van der Waals surface area contributed by atoms with Gasteiger partial charge in [-0.3, -0.25) is 9.78 Å². The van der Waals surface area contributed by atoms with Crippen molar-refractivity contribution >= 4 is 17.2 Å². The molecule has 0 saturated heterocycles. The number of aldehydes is 1. The fourth-order valence-corrected chi connectivity index (χ4v) is 1.22. The molecule has 3 nitrogen and oxygen atoms in total. The van der Waals surface area contributed by atoms with Crippen LogP contribution in [0.25, 0.3) is 10.9 Å². The van der Waals surface area contributed by atoms with Crippen molar-refractivity contribution in [2.75, 3.05) is 0 Å². The summed E-state index contributed by atoms with van der Waals surface area (Å²) in [6, 6.07) is 6.49. The Morgan fingerprint density at radius 1 is 1.31 bits per heavy atom. The van der Waals surface area contributed by atoms with Crippen molar-refractivity contribution in [3.05, 3.63) is 36.0 Å². The molecule has 0 amide bonds. The smallest absolute Gasteiger partial charge is 0.150 e. The Kier molecular flexibility index (Phi) is 1.70. The zero-order valence-corrected chi connectivity index (χ0v) is 6.77. The predicted octanol–water partition coefficient (Wildman–Crippen LogP) is 1.75. The lowest BCUT2D eigenvalue weighted by Crippen LogP contribution is -1.82. The largest absolute Gasteiger partial charge is 0.507 e. The average Bonchev–Trinajstić information content (AvgIpc) is 2.18. The van der Waals surface area contributed by atoms with Gasteiger partial charge in [-0.1, -0.05) is 6.07 Å². The standard InChI is InChI=1S/C10H7NO2/c12-6-7-1-2-8-9(5-7)11-4-3-10(8)13/h1-6H,(H,11,13). The summed E-state index contributed by atoms with van der Waals surface area (Å²) >= 11 is 0. The van der Waals surface area contributed by atoms with Gasteiger partial charge in [-0.25, -0.2) is 0 Å². The Balaban J connectivity index is 2.79. The molecule has 0 saturated carbocycles. The number of aromatic nitrogens is 1. The van der Waals surface area contributed by atoms with Crippen LogP contribution in [0.1, 0.15) is 10.4 Å². The van der Waals surface area contributed by atoms with Gasteiger partial charge in [0.2, 0.25) is 0 Å². The molecular formula is C10H7NO2. The first-order chi connectivity index (χ1) is 6.31. The molecule has 1 aromatic carbocycles. The van der Waals surface area contributed by atoms with E-state index < -0.39 is 0 Å². The molecule has 0 aliphatic heterocycles. The van der Waals surface area contributed by atoms with E-state index in [0.29, 0.717) is 16.5 Å². The van der Waals surface area contributed by atoms with Crippen LogP contribution in [-0.4, -0.2) is 16.4 Å². The Hall–Kier alpha value is -1.90. The second-order valence-electron chi connectivity index (χ2n) is 2.72. The van der Waals surface area contributed by atoms with Crippen LogP contribution in [0.4, 0.5) is 0 Å². The van der Waals surface area contributed by atoms with Crippen molar-refractivity contribution < 1.29 is 9.90 Å². The third-order valence-electron chi connectivity index (χ3n) is 1.88. The van der Waals surface area contributed by atoms with Gasteiger partial charge in [0.25, 0.3) is 0 Å². The van der Waals surface area contributed by atoms with E-state index in [1.165, 1.54) is 12.3 Å². The highest BCUT2D eigenvalue weighted by molar-refractivity contribution is 5.89. The van der Waals surface area contributed by atoms with Crippen LogP contribution in [0.2, 0.25) is 0 Å². The summed E-state index contributed by atoms with van der Waals surface area (Å²) in [6.07, 6.45) is 2.26. The fourth-order valence-electron chi connectivity index (χ4n) is 1.22. The molecule has 0 atom stereocenters. The third kappa shape index (κ3) is 1.24. The summed E-state index contributed by atoms with van der Waals surface area (Å²) in [5, 5.41) is 10.1. The minimum atomic E-state index is 0.183. The monoisotopic (exact) mass is 173 g/mol. The minimum absolute atomic E-state index is 0.183. The number of nitrogens with zero attached hydrogens (tertiary/aromatic N) is 1. The van der Waals surface area contributed by atoms with Gasteiger partial charge < -0.3 is 5.11 Å². The summed E-state index contributed by atoms with van der Waals surface area (Å²) in [5.74, 6) is 0.183. The number of hydrogen-bond donors (Lipinski definition) is 1. The molecule has 0 spiro atoms. The summed E-state index contributed by atoms with van der Waals surface area (Å²) < 4.78 is 0. The third-order valence-corrected chi connectivity index (χ3v) is 1.88. The Bertz CT molecular complexity index is 465. The SMILES string of the molecule is O=Cc1ccc2c(O)ccnc2c1. The van der Waals surface area contributed by atoms with E-state index in [1.807, 2.05) is 0 Å². The molecule has 0 aliphatic rings. The van der Waals surface area contributed by atoms with Crippen LogP contribution in [0.15, 0.2) is 30.5 Å². The molecule has 13 heavy (non-hydrogen) atoms. The van der Waals surface area contributed by atoms with Crippen molar-refractivity contribution in [2.45, 2.75) is 0 Å². The molecule has 1 aromatic heterocycles. The number of hydrogen-bond acceptors (Lipinski definition) is 3. The lowest BCUT2D eigenvalue weighted by Gasteiger charge is -1.99. The van der Waals surface area contributed by atoms with Gasteiger partial charge in [0, 0.05) is 17.1 Å². The minimum Gasteiger partial charge on any atom is -0.507 e. The highest BCUT2D eigenvalue weighted by Crippen LogP contribution is 2.22. The summed E-state index contributed by atoms with van der Waals surface area (Å²) in [7, 11) is 0. The maximum absolute atomic E-state index is 10.4. The lowest BCUT2D eigenvalue weighted by molar-refractivity contribution is 0.112. The van der Waals surface area contributed by atoms with Crippen LogP contribution in [0, 0.1) is 0 Å². The zero-order valence-electron chi connectivity index (χ0n) is 6.77. The molecule has 2 rings (SSSR count). The number of benzene rings is 1. The van der Waals surface area contributed by atoms with Gasteiger partial charge in [0.05, 0.1) is 5.52 Å². The van der Waals surface area contributed by atoms with Crippen LogP contribution >= 0.6 is 0 Å². The van der Waals surface area contributed by atoms with Crippen molar-refractivity contribution in [1.82, 2.24) is 4.98 Å². The van der Waals surface area contributed by atoms with Gasteiger partial charge in [-0.15, -0.1) is 0 Å². The first kappa shape index (κ1) is 7.73. The van der Waals surface area contributed by atoms with Gasteiger partial charge in [0.15, 0.2) is 0 Å². The molecule has 1 N–H and O–H groups in total. The van der Waals surface area contributed by atoms with E-state index >= 15 is 0 Å². The van der Waals surface area contributed by atoms with Crippen LogP contribution in [-0.2, 0) is 0 Å². The lowest BCUT2D eigenvalue weighted by atomic mass is 10.1. The molecule has 64 valence electrons. The zero-order chi connectivity index (χ0) is 9.26. The molecule has 0 fully saturated rings. The second kappa shape index (κ2) is 2.86. The summed E-state index contributed by atoms with van der Waals surface area (Å²) in [5.41, 5.74) is 1.19. The van der Waals surface area contributed by atoms with Crippen molar-refractivity contribution in [1.29, 1.82) is 0 Å². The first-order valence-electron chi connectivity index (χ1n) is 3.84.